The minimum absolute atomic E-state index is 0.0244. The molecule has 430 valence electrons. The van der Waals surface area contributed by atoms with Gasteiger partial charge in [0.15, 0.2) is 0 Å². The minimum atomic E-state index is -0.929. The fourth-order valence-corrected chi connectivity index (χ4v) is 16.2. The van der Waals surface area contributed by atoms with Crippen molar-refractivity contribution in [2.75, 3.05) is 84.6 Å². The van der Waals surface area contributed by atoms with Crippen molar-refractivity contribution in [3.05, 3.63) is 52.1 Å². The van der Waals surface area contributed by atoms with Crippen LogP contribution in [0.5, 0.6) is 0 Å². The minimum Gasteiger partial charge on any atom is -0.464 e. The number of amides is 3. The Morgan fingerprint density at radius 3 is 2.49 bits per heavy atom. The van der Waals surface area contributed by atoms with E-state index in [1.54, 1.807) is 12.1 Å². The summed E-state index contributed by atoms with van der Waals surface area (Å²) in [7, 11) is 3.85. The van der Waals surface area contributed by atoms with Crippen LogP contribution in [0.2, 0.25) is 0 Å². The number of methoxy groups -OCH3 is 1. The summed E-state index contributed by atoms with van der Waals surface area (Å²) in [5.41, 5.74) is 10.9. The monoisotopic (exact) mass is 1110 g/mol. The van der Waals surface area contributed by atoms with Gasteiger partial charge in [0.1, 0.15) is 18.1 Å². The molecule has 3 aromatic heterocycles. The Hall–Kier alpha value is -4.98. The predicted octanol–water partition coefficient (Wildman–Crippen LogP) is 7.06. The van der Waals surface area contributed by atoms with E-state index >= 15 is 9.59 Å². The van der Waals surface area contributed by atoms with E-state index in [0.29, 0.717) is 37.8 Å². The van der Waals surface area contributed by atoms with Crippen LogP contribution in [0.4, 0.5) is 5.69 Å². The molecule has 6 bridgehead atoms. The lowest BCUT2D eigenvalue weighted by Gasteiger charge is -2.37. The molecule has 3 aliphatic carbocycles. The van der Waals surface area contributed by atoms with Gasteiger partial charge in [-0.15, -0.1) is 11.3 Å². The molecule has 1 unspecified atom stereocenters. The second-order valence-corrected chi connectivity index (χ2v) is 27.3. The predicted molar refractivity (Wildman–Crippen MR) is 310 cm³/mol. The molecule has 1 aromatic carbocycles. The largest absolute Gasteiger partial charge is 0.464 e. The Balaban J connectivity index is 0.819. The lowest BCUT2D eigenvalue weighted by Crippen LogP contribution is -2.62. The van der Waals surface area contributed by atoms with Crippen molar-refractivity contribution in [3.8, 4) is 22.5 Å². The van der Waals surface area contributed by atoms with Crippen LogP contribution in [0, 0.1) is 22.7 Å². The molecule has 3 saturated carbocycles. The number of carbonyl (C=O) groups is 4. The molecule has 13 rings (SSSR count). The number of aryl methyl sites for hydroxylation is 1. The van der Waals surface area contributed by atoms with E-state index in [0.717, 1.165) is 159 Å². The van der Waals surface area contributed by atoms with Crippen molar-refractivity contribution in [1.82, 2.24) is 49.9 Å². The molecule has 0 radical (unpaired) electrons. The number of ether oxygens (including phenoxy) is 2. The van der Waals surface area contributed by atoms with E-state index in [9.17, 15) is 9.59 Å². The number of nitrogens with one attached hydrogen (secondary N) is 2. The summed E-state index contributed by atoms with van der Waals surface area (Å²) in [5, 5.41) is 8.86. The molecule has 17 nitrogen and oxygen atoms in total. The SMILES string of the molecule is CCn1c(-c2cc(N3CCN(C4CC4)CC3)cnc2[C@H](C)OC)c2c3cc(ccc31)-c1csc(n1)C[C@H](NC(=O)[C@H](C1CCCC1)N1CC[C@]3(CCN(C(=O)[C@H]4[C@@H](C5CC5)N4C)C3)C1)C(=O)N1CCC[C@H](N1)C(=O)OCC(C)(C)C2. The molecule has 4 aromatic rings. The number of aromatic nitrogens is 3. The van der Waals surface area contributed by atoms with Gasteiger partial charge in [0.2, 0.25) is 11.8 Å². The van der Waals surface area contributed by atoms with E-state index in [1.165, 1.54) is 37.0 Å². The van der Waals surface area contributed by atoms with Gasteiger partial charge in [-0.1, -0.05) is 32.8 Å². The van der Waals surface area contributed by atoms with Crippen molar-refractivity contribution in [3.63, 3.8) is 0 Å². The van der Waals surface area contributed by atoms with Crippen LogP contribution in [0.15, 0.2) is 35.8 Å². The average molecular weight is 1110 g/mol. The van der Waals surface area contributed by atoms with Crippen LogP contribution in [0.1, 0.15) is 127 Å². The molecule has 9 heterocycles. The van der Waals surface area contributed by atoms with Crippen molar-refractivity contribution in [2.45, 2.75) is 166 Å². The number of pyridine rings is 1. The Kier molecular flexibility index (Phi) is 14.7. The number of piperazine rings is 1. The van der Waals surface area contributed by atoms with Crippen LogP contribution in [0.25, 0.3) is 33.4 Å². The molecule has 80 heavy (non-hydrogen) atoms. The van der Waals surface area contributed by atoms with Crippen LogP contribution < -0.4 is 15.6 Å². The number of cyclic esters (lactones) is 1. The topological polar surface area (TPSA) is 161 Å². The van der Waals surface area contributed by atoms with Crippen molar-refractivity contribution in [1.29, 1.82) is 0 Å². The van der Waals surface area contributed by atoms with Gasteiger partial charge in [0.05, 0.1) is 52.7 Å². The number of hydrazine groups is 1. The van der Waals surface area contributed by atoms with Gasteiger partial charge in [-0.25, -0.2) is 10.4 Å². The number of anilines is 1. The highest BCUT2D eigenvalue weighted by atomic mass is 32.1. The number of hydrogen-bond acceptors (Lipinski definition) is 14. The van der Waals surface area contributed by atoms with Crippen LogP contribution in [0.3, 0.4) is 0 Å². The molecule has 8 atom stereocenters. The summed E-state index contributed by atoms with van der Waals surface area (Å²) < 4.78 is 14.8. The number of esters is 1. The van der Waals surface area contributed by atoms with Crippen molar-refractivity contribution < 1.29 is 28.7 Å². The summed E-state index contributed by atoms with van der Waals surface area (Å²) in [5.74, 6) is 0.348. The fraction of sp³-hybridized carbons (Fsp3) is 0.677. The van der Waals surface area contributed by atoms with Gasteiger partial charge in [0.25, 0.3) is 5.91 Å². The second kappa shape index (κ2) is 21.6. The molecule has 3 amide bonds. The number of rotatable bonds is 12. The summed E-state index contributed by atoms with van der Waals surface area (Å²) in [6.07, 6.45) is 14.8. The van der Waals surface area contributed by atoms with Gasteiger partial charge in [-0.2, -0.15) is 0 Å². The smallest absolute Gasteiger partial charge is 0.324 e. The maximum atomic E-state index is 15.3. The van der Waals surface area contributed by atoms with Gasteiger partial charge >= 0.3 is 5.97 Å². The lowest BCUT2D eigenvalue weighted by atomic mass is 9.84. The zero-order chi connectivity index (χ0) is 55.2. The Labute approximate surface area is 476 Å². The molecule has 1 spiro atoms. The van der Waals surface area contributed by atoms with E-state index in [2.05, 4.69) is 104 Å². The highest BCUT2D eigenvalue weighted by Crippen LogP contribution is 2.49. The summed E-state index contributed by atoms with van der Waals surface area (Å²) in [4.78, 5) is 81.0. The maximum absolute atomic E-state index is 15.3. The molecule has 18 heteroatoms. The highest BCUT2D eigenvalue weighted by molar-refractivity contribution is 7.10. The zero-order valence-electron chi connectivity index (χ0n) is 48.2. The number of fused-ring (bicyclic) bond motifs is 6. The standard InChI is InChI=1S/C62H85N11O6S/c1-7-72-50-19-16-41-29-44(50)46(55(72)45-30-43(33-63-52(45)38(2)78-6)69-27-25-68(26-28-69)42-17-18-42)32-61(3,4)37-79-60(77)47-13-10-22-73(66-47)58(75)48(31-51-64-49(41)34-80-51)65-57(74)54(39-11-8-9-12-39)70-23-20-62(35-70)21-24-71(36-62)59(76)56-53(67(56)5)40-14-15-40/h16,19,29-30,33-34,38-40,42,47-48,53-54,56,66H,7-15,17-18,20-28,31-32,35-37H2,1-6H3,(H,65,74)/t38-,47-,48-,53+,54-,56+,62-,67?/m0/s1. The summed E-state index contributed by atoms with van der Waals surface area (Å²) >= 11 is 1.51. The number of thiazole rings is 1. The van der Waals surface area contributed by atoms with E-state index < -0.39 is 23.5 Å². The maximum Gasteiger partial charge on any atom is 0.324 e. The van der Waals surface area contributed by atoms with Gasteiger partial charge in [-0.05, 0) is 134 Å². The van der Waals surface area contributed by atoms with E-state index in [4.69, 9.17) is 19.4 Å². The van der Waals surface area contributed by atoms with Crippen LogP contribution in [-0.2, 0) is 48.0 Å². The van der Waals surface area contributed by atoms with Crippen molar-refractivity contribution >= 4 is 51.6 Å². The number of hydrogen-bond donors (Lipinski definition) is 2. The number of likely N-dealkylation sites (tertiary alicyclic amines) is 2. The third kappa shape index (κ3) is 10.5. The Morgan fingerprint density at radius 2 is 1.74 bits per heavy atom. The first-order valence-corrected chi connectivity index (χ1v) is 31.5. The van der Waals surface area contributed by atoms with Gasteiger partial charge in [-0.3, -0.25) is 43.9 Å². The molecule has 2 N–H and O–H groups in total. The van der Waals surface area contributed by atoms with E-state index in [1.807, 2.05) is 6.20 Å². The van der Waals surface area contributed by atoms with Crippen LogP contribution >= 0.6 is 11.3 Å². The zero-order valence-corrected chi connectivity index (χ0v) is 49.0. The first kappa shape index (κ1) is 54.3. The number of likely N-dealkylation sites (N-methyl/N-ethyl adjacent to an activating group) is 1. The Morgan fingerprint density at radius 1 is 0.950 bits per heavy atom. The second-order valence-electron chi connectivity index (χ2n) is 26.4. The molecular weight excluding hydrogens is 1030 g/mol. The average Bonchev–Trinajstić information content (AvgIpc) is 4.40. The number of benzene rings is 1. The molecule has 9 aliphatic rings. The summed E-state index contributed by atoms with van der Waals surface area (Å²) in [6, 6.07) is 8.11. The normalized spacial score (nSPS) is 29.6. The quantitative estimate of drug-likeness (QED) is 0.110. The Bertz CT molecular complexity index is 3010. The molecule has 6 aliphatic heterocycles. The highest BCUT2D eigenvalue weighted by Gasteiger charge is 2.59. The molecular formula is C62H85N11O6S. The molecule has 5 saturated heterocycles. The van der Waals surface area contributed by atoms with Crippen molar-refractivity contribution in [2.24, 2.45) is 22.7 Å². The first-order valence-electron chi connectivity index (χ1n) is 30.6. The van der Waals surface area contributed by atoms with Crippen LogP contribution in [-0.4, -0.2) is 179 Å². The summed E-state index contributed by atoms with van der Waals surface area (Å²) in [6.45, 7) is 17.0. The molecule has 8 fully saturated rings. The van der Waals surface area contributed by atoms with Gasteiger partial charge < -0.3 is 29.2 Å². The fourth-order valence-electron chi connectivity index (χ4n) is 15.3. The number of carbonyl (C=O) groups excluding carboxylic acids is 4. The first-order chi connectivity index (χ1) is 38.7. The number of nitrogens with zero attached hydrogens (tertiary/aromatic N) is 9. The van der Waals surface area contributed by atoms with E-state index in [-0.39, 0.29) is 60.3 Å². The van der Waals surface area contributed by atoms with Gasteiger partial charge in [0, 0.05) is 123 Å². The third-order valence-corrected chi connectivity index (χ3v) is 21.1. The third-order valence-electron chi connectivity index (χ3n) is 20.2. The lowest BCUT2D eigenvalue weighted by molar-refractivity contribution is -0.155.